The second-order valence-electron chi connectivity index (χ2n) is 6.22. The molecule has 150 valence electrons. The van der Waals surface area contributed by atoms with Crippen LogP contribution in [0.4, 0.5) is 5.69 Å². The lowest BCUT2D eigenvalue weighted by Gasteiger charge is -2.11. The van der Waals surface area contributed by atoms with Crippen molar-refractivity contribution in [1.29, 1.82) is 0 Å². The number of fused-ring (bicyclic) bond motifs is 1. The SMILES string of the molecule is Cc1nc2ccccc2c(=O)n1CCCOC(=O)COc1ccccc1[N+](=O)[O-]. The van der Waals surface area contributed by atoms with Crippen molar-refractivity contribution < 1.29 is 19.2 Å². The first kappa shape index (κ1) is 20.0. The molecule has 2 aromatic carbocycles. The molecule has 0 radical (unpaired) electrons. The second kappa shape index (κ2) is 8.96. The maximum absolute atomic E-state index is 12.6. The second-order valence-corrected chi connectivity index (χ2v) is 6.22. The molecule has 0 saturated heterocycles. The lowest BCUT2D eigenvalue weighted by atomic mass is 10.2. The molecular weight excluding hydrogens is 378 g/mol. The minimum Gasteiger partial charge on any atom is -0.475 e. The van der Waals surface area contributed by atoms with Gasteiger partial charge in [-0.15, -0.1) is 0 Å². The van der Waals surface area contributed by atoms with Gasteiger partial charge in [0.1, 0.15) is 5.82 Å². The summed E-state index contributed by atoms with van der Waals surface area (Å²) in [6.45, 7) is 1.74. The third kappa shape index (κ3) is 4.75. The lowest BCUT2D eigenvalue weighted by molar-refractivity contribution is -0.385. The van der Waals surface area contributed by atoms with Crippen molar-refractivity contribution >= 4 is 22.6 Å². The van der Waals surface area contributed by atoms with Gasteiger partial charge in [-0.1, -0.05) is 24.3 Å². The highest BCUT2D eigenvalue weighted by atomic mass is 16.6. The van der Waals surface area contributed by atoms with Crippen LogP contribution in [-0.2, 0) is 16.1 Å². The number of para-hydroxylation sites is 3. The van der Waals surface area contributed by atoms with Gasteiger partial charge in [0.25, 0.3) is 5.56 Å². The highest BCUT2D eigenvalue weighted by Gasteiger charge is 2.15. The highest BCUT2D eigenvalue weighted by molar-refractivity contribution is 5.77. The van der Waals surface area contributed by atoms with Gasteiger partial charge in [-0.25, -0.2) is 9.78 Å². The Morgan fingerprint density at radius 2 is 1.90 bits per heavy atom. The Hall–Kier alpha value is -3.75. The molecule has 0 atom stereocenters. The summed E-state index contributed by atoms with van der Waals surface area (Å²) in [6, 6.07) is 12.9. The van der Waals surface area contributed by atoms with E-state index in [1.54, 1.807) is 35.8 Å². The smallest absolute Gasteiger partial charge is 0.344 e. The fourth-order valence-corrected chi connectivity index (χ4v) is 2.86. The summed E-state index contributed by atoms with van der Waals surface area (Å²) >= 11 is 0. The average molecular weight is 397 g/mol. The molecule has 9 heteroatoms. The molecule has 1 heterocycles. The van der Waals surface area contributed by atoms with E-state index in [4.69, 9.17) is 9.47 Å². The Morgan fingerprint density at radius 1 is 1.17 bits per heavy atom. The number of carbonyl (C=O) groups is 1. The normalized spacial score (nSPS) is 10.7. The fraction of sp³-hybridized carbons (Fsp3) is 0.250. The largest absolute Gasteiger partial charge is 0.475 e. The first-order valence-electron chi connectivity index (χ1n) is 8.95. The zero-order chi connectivity index (χ0) is 20.8. The standard InChI is InChI=1S/C20H19N3O6/c1-14-21-16-8-3-2-7-15(16)20(25)22(14)11-6-12-28-19(24)13-29-18-10-5-4-9-17(18)23(26)27/h2-5,7-10H,6,11-13H2,1H3. The Labute approximate surface area is 165 Å². The van der Waals surface area contributed by atoms with E-state index in [9.17, 15) is 19.7 Å². The molecule has 0 aliphatic heterocycles. The van der Waals surface area contributed by atoms with Crippen LogP contribution in [0.25, 0.3) is 10.9 Å². The Morgan fingerprint density at radius 3 is 2.69 bits per heavy atom. The number of ether oxygens (including phenoxy) is 2. The van der Waals surface area contributed by atoms with Crippen LogP contribution in [0.2, 0.25) is 0 Å². The van der Waals surface area contributed by atoms with Gasteiger partial charge in [0.2, 0.25) is 0 Å². The van der Waals surface area contributed by atoms with Crippen LogP contribution in [0.5, 0.6) is 5.75 Å². The number of esters is 1. The third-order valence-electron chi connectivity index (χ3n) is 4.25. The summed E-state index contributed by atoms with van der Waals surface area (Å²) in [7, 11) is 0. The van der Waals surface area contributed by atoms with E-state index in [1.807, 2.05) is 6.07 Å². The highest BCUT2D eigenvalue weighted by Crippen LogP contribution is 2.25. The quantitative estimate of drug-likeness (QED) is 0.248. The first-order chi connectivity index (χ1) is 14.0. The maximum Gasteiger partial charge on any atom is 0.344 e. The zero-order valence-corrected chi connectivity index (χ0v) is 15.7. The number of aryl methyl sites for hydroxylation is 1. The molecular formula is C20H19N3O6. The predicted molar refractivity (Wildman–Crippen MR) is 105 cm³/mol. The van der Waals surface area contributed by atoms with Gasteiger partial charge in [-0.2, -0.15) is 0 Å². The minimum absolute atomic E-state index is 0.00105. The Bertz CT molecular complexity index is 1110. The molecule has 0 fully saturated rings. The third-order valence-corrected chi connectivity index (χ3v) is 4.25. The maximum atomic E-state index is 12.6. The van der Waals surface area contributed by atoms with Gasteiger partial charge in [0.05, 0.1) is 22.4 Å². The van der Waals surface area contributed by atoms with Crippen LogP contribution in [0.3, 0.4) is 0 Å². The Balaban J connectivity index is 1.51. The molecule has 0 spiro atoms. The molecule has 0 saturated carbocycles. The number of nitro benzene ring substituents is 1. The van der Waals surface area contributed by atoms with Crippen molar-refractivity contribution in [3.63, 3.8) is 0 Å². The molecule has 0 bridgehead atoms. The van der Waals surface area contributed by atoms with Crippen molar-refractivity contribution in [1.82, 2.24) is 9.55 Å². The van der Waals surface area contributed by atoms with E-state index in [0.29, 0.717) is 29.7 Å². The molecule has 9 nitrogen and oxygen atoms in total. The van der Waals surface area contributed by atoms with E-state index >= 15 is 0 Å². The van der Waals surface area contributed by atoms with Gasteiger partial charge in [-0.3, -0.25) is 19.5 Å². The lowest BCUT2D eigenvalue weighted by Crippen LogP contribution is -2.25. The van der Waals surface area contributed by atoms with Crippen molar-refractivity contribution in [3.8, 4) is 5.75 Å². The summed E-state index contributed by atoms with van der Waals surface area (Å²) in [4.78, 5) is 39.1. The predicted octanol–water partition coefficient (Wildman–Crippen LogP) is 2.63. The number of nitro groups is 1. The molecule has 3 aromatic rings. The number of hydrogen-bond acceptors (Lipinski definition) is 7. The van der Waals surface area contributed by atoms with Crippen LogP contribution in [0.1, 0.15) is 12.2 Å². The van der Waals surface area contributed by atoms with E-state index in [1.165, 1.54) is 18.2 Å². The fourth-order valence-electron chi connectivity index (χ4n) is 2.86. The number of hydrogen-bond donors (Lipinski definition) is 0. The average Bonchev–Trinajstić information content (AvgIpc) is 2.71. The number of aromatic nitrogens is 2. The van der Waals surface area contributed by atoms with Crippen LogP contribution in [-0.4, -0.2) is 33.7 Å². The van der Waals surface area contributed by atoms with Crippen molar-refractivity contribution in [2.75, 3.05) is 13.2 Å². The van der Waals surface area contributed by atoms with Crippen LogP contribution < -0.4 is 10.3 Å². The summed E-state index contributed by atoms with van der Waals surface area (Å²) in [6.07, 6.45) is 0.415. The topological polar surface area (TPSA) is 114 Å². The molecule has 3 rings (SSSR count). The minimum atomic E-state index is -0.649. The zero-order valence-electron chi connectivity index (χ0n) is 15.7. The monoisotopic (exact) mass is 397 g/mol. The first-order valence-corrected chi connectivity index (χ1v) is 8.95. The molecule has 0 unspecified atom stereocenters. The van der Waals surface area contributed by atoms with Crippen LogP contribution in [0.15, 0.2) is 53.3 Å². The molecule has 0 N–H and O–H groups in total. The summed E-state index contributed by atoms with van der Waals surface area (Å²) in [5.74, 6) is -0.0672. The van der Waals surface area contributed by atoms with E-state index < -0.39 is 17.5 Å². The van der Waals surface area contributed by atoms with Crippen molar-refractivity contribution in [3.05, 3.63) is 74.8 Å². The van der Waals surface area contributed by atoms with Crippen molar-refractivity contribution in [2.24, 2.45) is 0 Å². The molecule has 0 aliphatic carbocycles. The number of nitrogens with zero attached hydrogens (tertiary/aromatic N) is 3. The van der Waals surface area contributed by atoms with Crippen LogP contribution >= 0.6 is 0 Å². The number of carbonyl (C=O) groups excluding carboxylic acids is 1. The van der Waals surface area contributed by atoms with E-state index in [2.05, 4.69) is 4.98 Å². The summed E-state index contributed by atoms with van der Waals surface area (Å²) < 4.78 is 11.8. The number of benzene rings is 2. The van der Waals surface area contributed by atoms with Crippen molar-refractivity contribution in [2.45, 2.75) is 19.9 Å². The number of rotatable bonds is 8. The molecule has 29 heavy (non-hydrogen) atoms. The summed E-state index contributed by atoms with van der Waals surface area (Å²) in [5, 5.41) is 11.5. The van der Waals surface area contributed by atoms with E-state index in [0.717, 1.165) is 0 Å². The van der Waals surface area contributed by atoms with Gasteiger partial charge >= 0.3 is 11.7 Å². The van der Waals surface area contributed by atoms with Gasteiger partial charge < -0.3 is 9.47 Å². The van der Waals surface area contributed by atoms with E-state index in [-0.39, 0.29) is 23.6 Å². The Kier molecular flexibility index (Phi) is 6.18. The molecule has 0 amide bonds. The molecule has 1 aromatic heterocycles. The van der Waals surface area contributed by atoms with Gasteiger partial charge in [0, 0.05) is 12.6 Å². The summed E-state index contributed by atoms with van der Waals surface area (Å²) in [5.41, 5.74) is 0.280. The van der Waals surface area contributed by atoms with Gasteiger partial charge in [0.15, 0.2) is 12.4 Å². The molecule has 0 aliphatic rings. The van der Waals surface area contributed by atoms with Gasteiger partial charge in [-0.05, 0) is 31.5 Å². The van der Waals surface area contributed by atoms with Crippen LogP contribution in [0, 0.1) is 17.0 Å².